The number of aliphatic carboxylic acids is 1. The van der Waals surface area contributed by atoms with Crippen molar-refractivity contribution in [1.29, 1.82) is 0 Å². The molecule has 0 saturated heterocycles. The fraction of sp³-hybridized carbons (Fsp3) is 0.292. The minimum atomic E-state index is -1.62. The zero-order chi connectivity index (χ0) is 28.6. The quantitative estimate of drug-likeness (QED) is 0.308. The molecule has 0 radical (unpaired) electrons. The highest BCUT2D eigenvalue weighted by molar-refractivity contribution is 6.41. The van der Waals surface area contributed by atoms with Gasteiger partial charge in [-0.25, -0.2) is 19.7 Å². The maximum absolute atomic E-state index is 12.9. The maximum Gasteiger partial charge on any atom is 0.415 e. The number of anilines is 1. The molecular weight excluding hydrogens is 563 g/mol. The van der Waals surface area contributed by atoms with Crippen LogP contribution in [0.1, 0.15) is 36.7 Å². The molecule has 0 unspecified atom stereocenters. The van der Waals surface area contributed by atoms with Gasteiger partial charge in [-0.05, 0) is 50.6 Å². The van der Waals surface area contributed by atoms with Crippen LogP contribution in [0.15, 0.2) is 36.4 Å². The fourth-order valence-electron chi connectivity index (χ4n) is 2.95. The van der Waals surface area contributed by atoms with Crippen LogP contribution in [0, 0.1) is 0 Å². The number of rotatable bonds is 8. The summed E-state index contributed by atoms with van der Waals surface area (Å²) < 4.78 is 4.93. The van der Waals surface area contributed by atoms with Crippen LogP contribution in [0.2, 0.25) is 15.1 Å². The van der Waals surface area contributed by atoms with Gasteiger partial charge in [-0.15, -0.1) is 0 Å². The van der Waals surface area contributed by atoms with E-state index in [1.54, 1.807) is 45.0 Å². The molecule has 0 aliphatic carbocycles. The molecule has 0 bridgehead atoms. The summed E-state index contributed by atoms with van der Waals surface area (Å²) in [7, 11) is 0. The van der Waals surface area contributed by atoms with Crippen molar-refractivity contribution in [1.82, 2.24) is 16.0 Å². The number of halogens is 3. The smallest absolute Gasteiger partial charge is 0.415 e. The van der Waals surface area contributed by atoms with Gasteiger partial charge in [0.05, 0.1) is 34.3 Å². The Balaban J connectivity index is 2.07. The Labute approximate surface area is 233 Å². The molecule has 38 heavy (non-hydrogen) atoms. The van der Waals surface area contributed by atoms with Crippen molar-refractivity contribution in [3.63, 3.8) is 0 Å². The summed E-state index contributed by atoms with van der Waals surface area (Å²) in [6.07, 6.45) is -1.07. The number of hydrogen-bond donors (Lipinski definition) is 5. The van der Waals surface area contributed by atoms with Gasteiger partial charge >= 0.3 is 18.1 Å². The molecule has 1 atom stereocenters. The standard InChI is InChI=1S/C24H25Cl3N4O7/c1-24(2,3)38-23(37)31-22(36)28-11-16(21(34)35)30-20(33)18-14(26)7-8-15(19(18)27)29-17(32)10-12-5-4-6-13(25)9-12/h4-9,16H,10-11H2,1-3H3,(H,29,32)(H,30,33)(H,34,35)(H2,28,31,36,37)/t16-/m0/s1. The van der Waals surface area contributed by atoms with Crippen molar-refractivity contribution < 1.29 is 33.8 Å². The number of carboxylic acids is 1. The number of benzene rings is 2. The van der Waals surface area contributed by atoms with Crippen molar-refractivity contribution in [3.05, 3.63) is 62.6 Å². The van der Waals surface area contributed by atoms with E-state index in [0.29, 0.717) is 10.6 Å². The Hall–Kier alpha value is -3.54. The van der Waals surface area contributed by atoms with Gasteiger partial charge in [0, 0.05) is 5.02 Å². The van der Waals surface area contributed by atoms with Gasteiger partial charge in [-0.1, -0.05) is 46.9 Å². The summed E-state index contributed by atoms with van der Waals surface area (Å²) in [4.78, 5) is 60.6. The van der Waals surface area contributed by atoms with Gasteiger partial charge in [-0.3, -0.25) is 9.59 Å². The summed E-state index contributed by atoms with van der Waals surface area (Å²) >= 11 is 18.4. The van der Waals surface area contributed by atoms with Crippen LogP contribution < -0.4 is 21.3 Å². The lowest BCUT2D eigenvalue weighted by molar-refractivity contribution is -0.139. The first-order chi connectivity index (χ1) is 17.7. The highest BCUT2D eigenvalue weighted by atomic mass is 35.5. The Kier molecular flexibility index (Phi) is 10.7. The number of carbonyl (C=O) groups is 5. The number of carbonyl (C=O) groups excluding carboxylic acids is 4. The van der Waals surface area contributed by atoms with E-state index in [1.165, 1.54) is 12.1 Å². The maximum atomic E-state index is 12.9. The highest BCUT2D eigenvalue weighted by Gasteiger charge is 2.26. The minimum Gasteiger partial charge on any atom is -0.480 e. The predicted octanol–water partition coefficient (Wildman–Crippen LogP) is 4.25. The average molecular weight is 588 g/mol. The first kappa shape index (κ1) is 30.7. The lowest BCUT2D eigenvalue weighted by Crippen LogP contribution is -2.51. The second kappa shape index (κ2) is 13.3. The molecule has 5 amide bonds. The first-order valence-corrected chi connectivity index (χ1v) is 12.1. The molecule has 0 fully saturated rings. The number of imide groups is 1. The monoisotopic (exact) mass is 586 g/mol. The van der Waals surface area contributed by atoms with Gasteiger partial charge < -0.3 is 25.8 Å². The number of ether oxygens (including phenoxy) is 1. The second-order valence-corrected chi connectivity index (χ2v) is 10.1. The predicted molar refractivity (Wildman–Crippen MR) is 142 cm³/mol. The van der Waals surface area contributed by atoms with E-state index in [2.05, 4.69) is 16.0 Å². The average Bonchev–Trinajstić information content (AvgIpc) is 2.77. The number of carboxylic acid groups (broad SMARTS) is 1. The van der Waals surface area contributed by atoms with Crippen LogP contribution in [0.5, 0.6) is 0 Å². The molecule has 14 heteroatoms. The van der Waals surface area contributed by atoms with Crippen molar-refractivity contribution in [3.8, 4) is 0 Å². The van der Waals surface area contributed by atoms with Gasteiger partial charge in [0.1, 0.15) is 11.6 Å². The number of urea groups is 1. The molecule has 0 saturated carbocycles. The molecule has 0 spiro atoms. The lowest BCUT2D eigenvalue weighted by atomic mass is 10.1. The van der Waals surface area contributed by atoms with Crippen LogP contribution in [-0.4, -0.2) is 53.2 Å². The third kappa shape index (κ3) is 9.73. The zero-order valence-corrected chi connectivity index (χ0v) is 22.8. The van der Waals surface area contributed by atoms with Crippen LogP contribution >= 0.6 is 34.8 Å². The molecule has 2 aromatic carbocycles. The molecule has 2 aromatic rings. The van der Waals surface area contributed by atoms with Crippen molar-refractivity contribution in [2.75, 3.05) is 11.9 Å². The van der Waals surface area contributed by atoms with Crippen molar-refractivity contribution in [2.45, 2.75) is 38.8 Å². The molecule has 5 N–H and O–H groups in total. The van der Waals surface area contributed by atoms with E-state index >= 15 is 0 Å². The topological polar surface area (TPSA) is 163 Å². The molecule has 0 aliphatic heterocycles. The number of nitrogens with one attached hydrogen (secondary N) is 4. The summed E-state index contributed by atoms with van der Waals surface area (Å²) in [5.74, 6) is -2.92. The van der Waals surface area contributed by atoms with Gasteiger partial charge in [0.2, 0.25) is 5.91 Å². The molecule has 2 rings (SSSR count). The molecule has 11 nitrogen and oxygen atoms in total. The summed E-state index contributed by atoms with van der Waals surface area (Å²) in [6.45, 7) is 4.18. The van der Waals surface area contributed by atoms with Crippen LogP contribution in [-0.2, 0) is 20.7 Å². The van der Waals surface area contributed by atoms with Gasteiger partial charge in [0.15, 0.2) is 0 Å². The molecule has 204 valence electrons. The lowest BCUT2D eigenvalue weighted by Gasteiger charge is -2.20. The summed E-state index contributed by atoms with van der Waals surface area (Å²) in [6, 6.07) is 6.71. The Morgan fingerprint density at radius 1 is 1.03 bits per heavy atom. The van der Waals surface area contributed by atoms with Crippen molar-refractivity contribution in [2.24, 2.45) is 0 Å². The van der Waals surface area contributed by atoms with Crippen LogP contribution in [0.25, 0.3) is 0 Å². The largest absolute Gasteiger partial charge is 0.480 e. The molecular formula is C24H25Cl3N4O7. The fourth-order valence-corrected chi connectivity index (χ4v) is 3.75. The van der Waals surface area contributed by atoms with Crippen LogP contribution in [0.4, 0.5) is 15.3 Å². The number of alkyl carbamates (subject to hydrolysis) is 1. The molecule has 0 heterocycles. The normalized spacial score (nSPS) is 11.6. The SMILES string of the molecule is CC(C)(C)OC(=O)NC(=O)NC[C@H](NC(=O)c1c(Cl)ccc(NC(=O)Cc2cccc(Cl)c2)c1Cl)C(=O)O. The first-order valence-electron chi connectivity index (χ1n) is 11.0. The second-order valence-electron chi connectivity index (χ2n) is 8.84. The Morgan fingerprint density at radius 3 is 2.32 bits per heavy atom. The van der Waals surface area contributed by atoms with Crippen molar-refractivity contribution >= 4 is 70.4 Å². The zero-order valence-electron chi connectivity index (χ0n) is 20.5. The molecule has 0 aliphatic rings. The number of amides is 5. The third-order valence-electron chi connectivity index (χ3n) is 4.53. The van der Waals surface area contributed by atoms with E-state index in [4.69, 9.17) is 39.5 Å². The summed E-state index contributed by atoms with van der Waals surface area (Å²) in [5.41, 5.74) is -0.442. The van der Waals surface area contributed by atoms with E-state index in [9.17, 15) is 29.1 Å². The third-order valence-corrected chi connectivity index (χ3v) is 5.47. The van der Waals surface area contributed by atoms with Gasteiger partial charge in [0.25, 0.3) is 5.91 Å². The number of hydrogen-bond acceptors (Lipinski definition) is 6. The molecule has 0 aromatic heterocycles. The Bertz CT molecular complexity index is 1250. The van der Waals surface area contributed by atoms with Gasteiger partial charge in [-0.2, -0.15) is 0 Å². The van der Waals surface area contributed by atoms with E-state index in [1.807, 2.05) is 5.32 Å². The van der Waals surface area contributed by atoms with E-state index in [-0.39, 0.29) is 27.7 Å². The van der Waals surface area contributed by atoms with E-state index in [0.717, 1.165) is 0 Å². The summed E-state index contributed by atoms with van der Waals surface area (Å²) in [5, 5.41) is 18.4. The van der Waals surface area contributed by atoms with Crippen LogP contribution in [0.3, 0.4) is 0 Å². The van der Waals surface area contributed by atoms with E-state index < -0.39 is 48.1 Å². The minimum absolute atomic E-state index is 0.0286. The Morgan fingerprint density at radius 2 is 1.71 bits per heavy atom. The highest BCUT2D eigenvalue weighted by Crippen LogP contribution is 2.32.